The first-order chi connectivity index (χ1) is 25.5. The van der Waals surface area contributed by atoms with E-state index in [9.17, 15) is 15.0 Å². The van der Waals surface area contributed by atoms with Gasteiger partial charge in [0.1, 0.15) is 0 Å². The topological polar surface area (TPSA) is 110 Å². The average molecular weight is 757 g/mol. The van der Waals surface area contributed by atoms with Crippen LogP contribution in [-0.4, -0.2) is 126 Å². The summed E-state index contributed by atoms with van der Waals surface area (Å²) in [5.74, 6) is 1.12. The summed E-state index contributed by atoms with van der Waals surface area (Å²) >= 11 is 0. The SMILES string of the molecule is CC(=O)O[C@@H](C1C[C@@H](C)[C@H]2C(O1)[C@H](O)[C@@]1(C)C3CC[C@H]4C(C)(C)[C@@H](O[C@H]5CN(C6CCN(C7COC7)CC6)CCO5)CC[C@@]45C[C@@]35CC[C@]21C)C(C)(C)O. The van der Waals surface area contributed by atoms with Crippen molar-refractivity contribution in [3.8, 4) is 0 Å². The van der Waals surface area contributed by atoms with Crippen molar-refractivity contribution in [1.29, 1.82) is 0 Å². The molecule has 10 heteroatoms. The molecule has 9 fully saturated rings. The number of fused-ring (bicyclic) bond motifs is 4. The molecule has 0 bridgehead atoms. The molecule has 4 heterocycles. The molecule has 4 saturated heterocycles. The van der Waals surface area contributed by atoms with Gasteiger partial charge in [-0.05, 0) is 123 Å². The van der Waals surface area contributed by atoms with Gasteiger partial charge in [0, 0.05) is 44.6 Å². The monoisotopic (exact) mass is 757 g/mol. The van der Waals surface area contributed by atoms with Gasteiger partial charge in [0.25, 0.3) is 0 Å². The third-order valence-electron chi connectivity index (χ3n) is 18.6. The molecule has 0 aromatic heterocycles. The summed E-state index contributed by atoms with van der Waals surface area (Å²) in [6.45, 7) is 23.8. The fourth-order valence-corrected chi connectivity index (χ4v) is 15.9. The van der Waals surface area contributed by atoms with Crippen LogP contribution < -0.4 is 0 Å². The zero-order valence-electron chi connectivity index (χ0n) is 34.7. The zero-order valence-corrected chi connectivity index (χ0v) is 34.7. The van der Waals surface area contributed by atoms with Crippen molar-refractivity contribution < 1.29 is 38.7 Å². The standard InChI is InChI=1S/C44H72N2O8/c1-26-21-30(38(40(5,6)49)52-27(2)47)53-36-35(26)41(7)15-16-44-25-43(44)14-11-33(39(3,4)31(43)9-10-32(44)42(41,8)37(36)48)54-34-22-46(19-20-51-34)28-12-17-45(18-13-28)29-23-50-24-29/h26,28-38,48-49H,9-25H2,1-8H3/t26-,30?,31+,32?,33+,34+,35+,36?,37+,38+,41-,42-,43-,44+/m1/s1. The summed E-state index contributed by atoms with van der Waals surface area (Å²) in [5.41, 5.74) is -0.963. The highest BCUT2D eigenvalue weighted by molar-refractivity contribution is 5.66. The number of hydrogen-bond donors (Lipinski definition) is 2. The van der Waals surface area contributed by atoms with Crippen molar-refractivity contribution in [2.45, 2.75) is 174 Å². The molecule has 5 saturated carbocycles. The van der Waals surface area contributed by atoms with Gasteiger partial charge in [-0.3, -0.25) is 14.6 Å². The summed E-state index contributed by atoms with van der Waals surface area (Å²) in [4.78, 5) is 17.5. The third kappa shape index (κ3) is 5.48. The Bertz CT molecular complexity index is 1440. The largest absolute Gasteiger partial charge is 0.457 e. The first-order valence-corrected chi connectivity index (χ1v) is 22.0. The number of aliphatic hydroxyl groups excluding tert-OH is 1. The number of aliphatic hydroxyl groups is 2. The number of likely N-dealkylation sites (tertiary alicyclic amines) is 1. The van der Waals surface area contributed by atoms with Gasteiger partial charge in [0.15, 0.2) is 12.4 Å². The molecule has 0 aromatic rings. The second-order valence-corrected chi connectivity index (χ2v) is 21.6. The zero-order chi connectivity index (χ0) is 38.2. The maximum atomic E-state index is 12.7. The first kappa shape index (κ1) is 38.7. The molecule has 54 heavy (non-hydrogen) atoms. The van der Waals surface area contributed by atoms with E-state index in [4.69, 9.17) is 23.7 Å². The van der Waals surface area contributed by atoms with Crippen molar-refractivity contribution >= 4 is 5.97 Å². The molecular formula is C44H72N2O8. The predicted molar refractivity (Wildman–Crippen MR) is 203 cm³/mol. The summed E-state index contributed by atoms with van der Waals surface area (Å²) in [7, 11) is 0. The number of rotatable bonds is 7. The third-order valence-corrected chi connectivity index (χ3v) is 18.6. The Hall–Kier alpha value is -0.850. The number of esters is 1. The number of nitrogens with zero attached hydrogens (tertiary/aromatic N) is 2. The van der Waals surface area contributed by atoms with Crippen LogP contribution in [0.25, 0.3) is 0 Å². The van der Waals surface area contributed by atoms with E-state index in [1.54, 1.807) is 13.8 Å². The second-order valence-electron chi connectivity index (χ2n) is 21.6. The predicted octanol–water partition coefficient (Wildman–Crippen LogP) is 5.41. The first-order valence-electron chi connectivity index (χ1n) is 22.0. The Kier molecular flexibility index (Phi) is 9.36. The summed E-state index contributed by atoms with van der Waals surface area (Å²) in [6, 6.07) is 1.25. The van der Waals surface area contributed by atoms with Crippen LogP contribution in [0.4, 0.5) is 0 Å². The highest BCUT2D eigenvalue weighted by atomic mass is 16.7. The number of carbonyl (C=O) groups is 1. The van der Waals surface area contributed by atoms with Crippen LogP contribution in [0.3, 0.4) is 0 Å². The van der Waals surface area contributed by atoms with Gasteiger partial charge in [-0.2, -0.15) is 0 Å². The van der Waals surface area contributed by atoms with Crippen LogP contribution in [0.2, 0.25) is 0 Å². The minimum Gasteiger partial charge on any atom is -0.457 e. The molecule has 9 rings (SSSR count). The Balaban J connectivity index is 0.894. The Morgan fingerprint density at radius 2 is 1.61 bits per heavy atom. The lowest BCUT2D eigenvalue weighted by atomic mass is 9.41. The van der Waals surface area contributed by atoms with E-state index >= 15 is 0 Å². The molecule has 0 aromatic carbocycles. The van der Waals surface area contributed by atoms with E-state index < -0.39 is 29.9 Å². The van der Waals surface area contributed by atoms with Crippen LogP contribution in [0.15, 0.2) is 0 Å². The van der Waals surface area contributed by atoms with E-state index in [-0.39, 0.29) is 52.0 Å². The number of ether oxygens (including phenoxy) is 5. The number of hydrogen-bond acceptors (Lipinski definition) is 10. The molecular weight excluding hydrogens is 684 g/mol. The molecule has 2 N–H and O–H groups in total. The van der Waals surface area contributed by atoms with Gasteiger partial charge < -0.3 is 33.9 Å². The number of morpholine rings is 1. The maximum Gasteiger partial charge on any atom is 0.303 e. The maximum absolute atomic E-state index is 12.7. The lowest BCUT2D eigenvalue weighted by Crippen LogP contribution is -2.60. The van der Waals surface area contributed by atoms with Crippen molar-refractivity contribution in [2.75, 3.05) is 46.0 Å². The van der Waals surface area contributed by atoms with Crippen molar-refractivity contribution in [3.05, 3.63) is 0 Å². The van der Waals surface area contributed by atoms with Crippen LogP contribution in [0.5, 0.6) is 0 Å². The molecule has 14 atom stereocenters. The number of piperidine rings is 1. The van der Waals surface area contributed by atoms with Crippen molar-refractivity contribution in [1.82, 2.24) is 9.80 Å². The summed E-state index contributed by atoms with van der Waals surface area (Å²) in [6.07, 6.45) is 9.25. The van der Waals surface area contributed by atoms with Gasteiger partial charge in [0.2, 0.25) is 0 Å². The van der Waals surface area contributed by atoms with E-state index in [1.807, 2.05) is 0 Å². The minimum atomic E-state index is -1.25. The molecule has 3 unspecified atom stereocenters. The molecule has 0 radical (unpaired) electrons. The molecule has 4 aliphatic heterocycles. The van der Waals surface area contributed by atoms with E-state index in [0.717, 1.165) is 52.2 Å². The smallest absolute Gasteiger partial charge is 0.303 e. The van der Waals surface area contributed by atoms with Gasteiger partial charge in [-0.1, -0.05) is 34.6 Å². The van der Waals surface area contributed by atoms with Gasteiger partial charge in [-0.15, -0.1) is 0 Å². The lowest BCUT2D eigenvalue weighted by molar-refractivity contribution is -0.252. The van der Waals surface area contributed by atoms with Gasteiger partial charge in [0.05, 0.1) is 55.9 Å². The molecule has 10 nitrogen and oxygen atoms in total. The molecule has 9 aliphatic rings. The van der Waals surface area contributed by atoms with Crippen LogP contribution in [0, 0.1) is 50.7 Å². The highest BCUT2D eigenvalue weighted by Gasteiger charge is 2.84. The van der Waals surface area contributed by atoms with Crippen molar-refractivity contribution in [2.24, 2.45) is 50.7 Å². The van der Waals surface area contributed by atoms with Gasteiger partial charge >= 0.3 is 5.97 Å². The van der Waals surface area contributed by atoms with Crippen LogP contribution in [0.1, 0.15) is 120 Å². The summed E-state index contributed by atoms with van der Waals surface area (Å²) < 4.78 is 31.5. The van der Waals surface area contributed by atoms with Crippen LogP contribution >= 0.6 is 0 Å². The van der Waals surface area contributed by atoms with E-state index in [2.05, 4.69) is 44.4 Å². The minimum absolute atomic E-state index is 0.0478. The Morgan fingerprint density at radius 3 is 2.28 bits per heavy atom. The van der Waals surface area contributed by atoms with E-state index in [1.165, 1.54) is 58.5 Å². The van der Waals surface area contributed by atoms with Gasteiger partial charge in [-0.25, -0.2) is 0 Å². The number of carbonyl (C=O) groups excluding carboxylic acids is 1. The summed E-state index contributed by atoms with van der Waals surface area (Å²) in [5, 5.41) is 23.8. The normalized spacial score (nSPS) is 50.1. The lowest BCUT2D eigenvalue weighted by Gasteiger charge is -2.64. The van der Waals surface area contributed by atoms with E-state index in [0.29, 0.717) is 35.8 Å². The fraction of sp³-hybridized carbons (Fsp3) is 0.977. The Labute approximate surface area is 324 Å². The molecule has 0 amide bonds. The second kappa shape index (κ2) is 13.1. The molecule has 5 aliphatic carbocycles. The average Bonchev–Trinajstić information content (AvgIpc) is 3.72. The fourth-order valence-electron chi connectivity index (χ4n) is 15.9. The van der Waals surface area contributed by atoms with Crippen LogP contribution in [-0.2, 0) is 28.5 Å². The molecule has 306 valence electrons. The molecule has 2 spiro atoms. The van der Waals surface area contributed by atoms with Crippen molar-refractivity contribution in [3.63, 3.8) is 0 Å². The highest BCUT2D eigenvalue weighted by Crippen LogP contribution is 2.89. The quantitative estimate of drug-likeness (QED) is 0.328. The Morgan fingerprint density at radius 1 is 0.907 bits per heavy atom.